The number of Topliss-reactive ketones (excluding diaryl/α,β-unsaturated/α-hetero) is 1. The number of hydrogen-bond acceptors (Lipinski definition) is 3. The maximum atomic E-state index is 13.3. The topological polar surface area (TPSA) is 69.7 Å². The number of nitrogens with zero attached hydrogens (tertiary/aromatic N) is 2. The van der Waals surface area contributed by atoms with Crippen molar-refractivity contribution in [2.75, 3.05) is 19.6 Å². The van der Waals surface area contributed by atoms with Gasteiger partial charge in [0.2, 0.25) is 5.91 Å². The minimum absolute atomic E-state index is 0.00144. The molecule has 0 aromatic heterocycles. The van der Waals surface area contributed by atoms with Crippen molar-refractivity contribution in [3.05, 3.63) is 0 Å². The smallest absolute Gasteiger partial charge is 0.318 e. The second-order valence-electron chi connectivity index (χ2n) is 8.82. The summed E-state index contributed by atoms with van der Waals surface area (Å²) in [6.07, 6.45) is 7.58. The molecule has 28 heavy (non-hydrogen) atoms. The van der Waals surface area contributed by atoms with Crippen molar-refractivity contribution in [2.24, 2.45) is 5.41 Å². The van der Waals surface area contributed by atoms with Gasteiger partial charge in [-0.3, -0.25) is 9.59 Å². The second kappa shape index (κ2) is 10.3. The first-order valence-electron chi connectivity index (χ1n) is 11.2. The van der Waals surface area contributed by atoms with E-state index in [-0.39, 0.29) is 35.2 Å². The molecule has 0 aromatic rings. The molecule has 2 rings (SSSR count). The molecule has 0 saturated carbocycles. The molecule has 2 aliphatic rings. The molecule has 0 radical (unpaired) electrons. The molecule has 2 fully saturated rings. The van der Waals surface area contributed by atoms with Gasteiger partial charge in [-0.05, 0) is 43.9 Å². The van der Waals surface area contributed by atoms with E-state index in [4.69, 9.17) is 0 Å². The lowest BCUT2D eigenvalue weighted by Crippen LogP contribution is -2.52. The number of likely N-dealkylation sites (tertiary alicyclic amines) is 2. The van der Waals surface area contributed by atoms with Gasteiger partial charge in [0, 0.05) is 26.1 Å². The molecular weight excluding hydrogens is 354 g/mol. The molecule has 3 unspecified atom stereocenters. The Balaban J connectivity index is 2.05. The summed E-state index contributed by atoms with van der Waals surface area (Å²) < 4.78 is 0. The Kier molecular flexibility index (Phi) is 8.32. The van der Waals surface area contributed by atoms with Crippen LogP contribution in [0, 0.1) is 5.41 Å². The largest absolute Gasteiger partial charge is 0.338 e. The summed E-state index contributed by atoms with van der Waals surface area (Å²) in [7, 11) is 0. The predicted octanol–water partition coefficient (Wildman–Crippen LogP) is 3.74. The third kappa shape index (κ3) is 5.26. The van der Waals surface area contributed by atoms with Crippen LogP contribution in [0.25, 0.3) is 0 Å². The van der Waals surface area contributed by atoms with Gasteiger partial charge < -0.3 is 15.1 Å². The van der Waals surface area contributed by atoms with E-state index in [0.29, 0.717) is 32.5 Å². The number of carbonyl (C=O) groups excluding carboxylic acids is 3. The SMILES string of the molecule is CCCNC(=O)N1CCCC1C(=O)C1CCCN1C(=O)CC(C)(CC)CCC. The molecule has 0 spiro atoms. The van der Waals surface area contributed by atoms with E-state index in [0.717, 1.165) is 44.9 Å². The highest BCUT2D eigenvalue weighted by Crippen LogP contribution is 2.34. The number of rotatable bonds is 9. The summed E-state index contributed by atoms with van der Waals surface area (Å²) in [4.78, 5) is 42.3. The van der Waals surface area contributed by atoms with E-state index in [1.807, 2.05) is 11.8 Å². The third-order valence-electron chi connectivity index (χ3n) is 6.55. The van der Waals surface area contributed by atoms with Crippen LogP contribution < -0.4 is 5.32 Å². The van der Waals surface area contributed by atoms with E-state index in [9.17, 15) is 14.4 Å². The molecule has 3 atom stereocenters. The fourth-order valence-corrected chi connectivity index (χ4v) is 4.68. The highest BCUT2D eigenvalue weighted by Gasteiger charge is 2.43. The van der Waals surface area contributed by atoms with E-state index in [1.54, 1.807) is 4.90 Å². The predicted molar refractivity (Wildman–Crippen MR) is 111 cm³/mol. The Bertz CT molecular complexity index is 565. The minimum Gasteiger partial charge on any atom is -0.338 e. The highest BCUT2D eigenvalue weighted by molar-refractivity contribution is 5.95. The Labute approximate surface area is 170 Å². The molecule has 6 heteroatoms. The second-order valence-corrected chi connectivity index (χ2v) is 8.82. The van der Waals surface area contributed by atoms with Gasteiger partial charge in [0.25, 0.3) is 0 Å². The normalized spacial score (nSPS) is 24.3. The first kappa shape index (κ1) is 22.7. The summed E-state index contributed by atoms with van der Waals surface area (Å²) in [5, 5.41) is 2.89. The molecule has 2 saturated heterocycles. The van der Waals surface area contributed by atoms with E-state index >= 15 is 0 Å². The molecule has 160 valence electrons. The van der Waals surface area contributed by atoms with Gasteiger partial charge in [-0.2, -0.15) is 0 Å². The standard InChI is InChI=1S/C22H39N3O3/c1-5-12-22(4,7-3)16-19(26)24-14-8-10-17(24)20(27)18-11-9-15-25(18)21(28)23-13-6-2/h17-18H,5-16H2,1-4H3,(H,23,28). The van der Waals surface area contributed by atoms with Crippen LogP contribution in [0.2, 0.25) is 0 Å². The van der Waals surface area contributed by atoms with E-state index in [2.05, 4.69) is 26.1 Å². The molecule has 2 heterocycles. The maximum Gasteiger partial charge on any atom is 0.318 e. The van der Waals surface area contributed by atoms with Gasteiger partial charge in [-0.15, -0.1) is 0 Å². The van der Waals surface area contributed by atoms with Crippen molar-refractivity contribution in [2.45, 2.75) is 97.6 Å². The molecule has 0 bridgehead atoms. The number of carbonyl (C=O) groups is 3. The van der Waals surface area contributed by atoms with Gasteiger partial charge in [0.15, 0.2) is 5.78 Å². The number of hydrogen-bond donors (Lipinski definition) is 1. The fraction of sp³-hybridized carbons (Fsp3) is 0.864. The Hall–Kier alpha value is -1.59. The van der Waals surface area contributed by atoms with Crippen LogP contribution in [-0.4, -0.2) is 59.2 Å². The summed E-state index contributed by atoms with van der Waals surface area (Å²) in [6.45, 7) is 10.4. The van der Waals surface area contributed by atoms with Crippen molar-refractivity contribution < 1.29 is 14.4 Å². The van der Waals surface area contributed by atoms with Crippen LogP contribution >= 0.6 is 0 Å². The highest BCUT2D eigenvalue weighted by atomic mass is 16.2. The van der Waals surface area contributed by atoms with Crippen LogP contribution in [0.3, 0.4) is 0 Å². The molecule has 6 nitrogen and oxygen atoms in total. The lowest BCUT2D eigenvalue weighted by Gasteiger charge is -2.33. The zero-order valence-electron chi connectivity index (χ0n) is 18.3. The molecule has 3 amide bonds. The first-order valence-corrected chi connectivity index (χ1v) is 11.2. The molecule has 0 aliphatic carbocycles. The van der Waals surface area contributed by atoms with Gasteiger partial charge in [0.1, 0.15) is 0 Å². The van der Waals surface area contributed by atoms with E-state index in [1.165, 1.54) is 0 Å². The van der Waals surface area contributed by atoms with Crippen LogP contribution in [0.4, 0.5) is 4.79 Å². The van der Waals surface area contributed by atoms with Crippen LogP contribution in [-0.2, 0) is 9.59 Å². The molecular formula is C22H39N3O3. The van der Waals surface area contributed by atoms with Crippen molar-refractivity contribution in [1.82, 2.24) is 15.1 Å². The van der Waals surface area contributed by atoms with E-state index < -0.39 is 0 Å². The van der Waals surface area contributed by atoms with Crippen molar-refractivity contribution in [3.8, 4) is 0 Å². The van der Waals surface area contributed by atoms with Gasteiger partial charge in [-0.1, -0.05) is 40.5 Å². The average Bonchev–Trinajstić information content (AvgIpc) is 3.35. The summed E-state index contributed by atoms with van der Waals surface area (Å²) >= 11 is 0. The number of urea groups is 1. The lowest BCUT2D eigenvalue weighted by atomic mass is 9.79. The zero-order valence-corrected chi connectivity index (χ0v) is 18.3. The monoisotopic (exact) mass is 393 g/mol. The number of ketones is 1. The lowest BCUT2D eigenvalue weighted by molar-refractivity contribution is -0.140. The average molecular weight is 394 g/mol. The molecule has 0 aromatic carbocycles. The summed E-state index contributed by atoms with van der Waals surface area (Å²) in [5.74, 6) is 0.164. The Morgan fingerprint density at radius 2 is 1.57 bits per heavy atom. The minimum atomic E-state index is -0.386. The maximum absolute atomic E-state index is 13.3. The van der Waals surface area contributed by atoms with Gasteiger partial charge >= 0.3 is 6.03 Å². The zero-order chi connectivity index (χ0) is 20.7. The Morgan fingerprint density at radius 1 is 0.964 bits per heavy atom. The fourth-order valence-electron chi connectivity index (χ4n) is 4.68. The van der Waals surface area contributed by atoms with Crippen LogP contribution in [0.5, 0.6) is 0 Å². The van der Waals surface area contributed by atoms with Crippen molar-refractivity contribution in [1.29, 1.82) is 0 Å². The molecule has 1 N–H and O–H groups in total. The van der Waals surface area contributed by atoms with Gasteiger partial charge in [0.05, 0.1) is 12.1 Å². The van der Waals surface area contributed by atoms with Crippen molar-refractivity contribution in [3.63, 3.8) is 0 Å². The Morgan fingerprint density at radius 3 is 2.14 bits per heavy atom. The number of nitrogens with one attached hydrogen (secondary N) is 1. The first-order chi connectivity index (χ1) is 13.4. The summed E-state index contributed by atoms with van der Waals surface area (Å²) in [6, 6.07) is -0.890. The quantitative estimate of drug-likeness (QED) is 0.649. The van der Waals surface area contributed by atoms with Gasteiger partial charge in [-0.25, -0.2) is 4.79 Å². The molecule has 2 aliphatic heterocycles. The third-order valence-corrected chi connectivity index (χ3v) is 6.55. The van der Waals surface area contributed by atoms with Crippen LogP contribution in [0.1, 0.15) is 85.5 Å². The van der Waals surface area contributed by atoms with Crippen LogP contribution in [0.15, 0.2) is 0 Å². The summed E-state index contributed by atoms with van der Waals surface area (Å²) in [5.41, 5.74) is 0.00144. The number of amides is 3. The van der Waals surface area contributed by atoms with Crippen molar-refractivity contribution >= 4 is 17.7 Å².